The van der Waals surface area contributed by atoms with Crippen molar-refractivity contribution in [3.8, 4) is 17.2 Å². The van der Waals surface area contributed by atoms with Gasteiger partial charge in [0.05, 0.1) is 18.8 Å². The van der Waals surface area contributed by atoms with Gasteiger partial charge in [0, 0.05) is 0 Å². The van der Waals surface area contributed by atoms with Crippen LogP contribution in [0.5, 0.6) is 17.2 Å². The van der Waals surface area contributed by atoms with Crippen LogP contribution in [0.4, 0.5) is 0 Å². The summed E-state index contributed by atoms with van der Waals surface area (Å²) >= 11 is 0. The highest BCUT2D eigenvalue weighted by Gasteiger charge is 2.20. The first-order valence-electron chi connectivity index (χ1n) is 15.4. The molecular weight excluding hydrogens is 472 g/mol. The molecule has 3 rings (SSSR count). The fraction of sp³-hybridized carbons (Fsp3) is 0.618. The number of carbonyl (C=O) groups excluding carboxylic acids is 1. The maximum absolute atomic E-state index is 12.5. The Labute approximate surface area is 231 Å². The number of carbonyl (C=O) groups is 1. The molecular formula is C34H50O4. The Bertz CT molecular complexity index is 882. The molecule has 0 atom stereocenters. The number of esters is 1. The van der Waals surface area contributed by atoms with E-state index in [2.05, 4.69) is 13.8 Å². The van der Waals surface area contributed by atoms with Crippen LogP contribution in [0.3, 0.4) is 0 Å². The number of hydrogen-bond donors (Lipinski definition) is 0. The molecule has 0 saturated heterocycles. The van der Waals surface area contributed by atoms with Gasteiger partial charge in [0.15, 0.2) is 0 Å². The van der Waals surface area contributed by atoms with E-state index in [1.54, 1.807) is 24.3 Å². The van der Waals surface area contributed by atoms with Crippen LogP contribution in [0.2, 0.25) is 0 Å². The number of ether oxygens (including phenoxy) is 3. The number of hydrogen-bond acceptors (Lipinski definition) is 4. The van der Waals surface area contributed by atoms with Crippen molar-refractivity contribution in [1.82, 2.24) is 0 Å². The molecule has 0 aromatic heterocycles. The van der Waals surface area contributed by atoms with Crippen LogP contribution in [0.1, 0.15) is 121 Å². The Balaban J connectivity index is 1.29. The molecule has 0 spiro atoms. The highest BCUT2D eigenvalue weighted by molar-refractivity contribution is 5.91. The Morgan fingerprint density at radius 3 is 1.68 bits per heavy atom. The van der Waals surface area contributed by atoms with Crippen LogP contribution < -0.4 is 14.2 Å². The molecule has 0 N–H and O–H groups in total. The highest BCUT2D eigenvalue weighted by Crippen LogP contribution is 2.34. The molecule has 38 heavy (non-hydrogen) atoms. The smallest absolute Gasteiger partial charge is 0.343 e. The van der Waals surface area contributed by atoms with Crippen molar-refractivity contribution >= 4 is 5.97 Å². The third-order valence-electron chi connectivity index (χ3n) is 7.85. The van der Waals surface area contributed by atoms with Crippen LogP contribution in [0, 0.1) is 11.8 Å². The van der Waals surface area contributed by atoms with Crippen LogP contribution in [-0.2, 0) is 0 Å². The molecule has 0 heterocycles. The van der Waals surface area contributed by atoms with E-state index >= 15 is 0 Å². The van der Waals surface area contributed by atoms with E-state index in [1.807, 2.05) is 24.3 Å². The van der Waals surface area contributed by atoms with Gasteiger partial charge in [-0.05, 0) is 79.6 Å². The predicted octanol–water partition coefficient (Wildman–Crippen LogP) is 9.80. The van der Waals surface area contributed by atoms with Crippen molar-refractivity contribution < 1.29 is 19.0 Å². The van der Waals surface area contributed by atoms with Crippen molar-refractivity contribution in [3.63, 3.8) is 0 Å². The second-order valence-corrected chi connectivity index (χ2v) is 11.0. The zero-order chi connectivity index (χ0) is 26.8. The van der Waals surface area contributed by atoms with Gasteiger partial charge >= 0.3 is 5.97 Å². The van der Waals surface area contributed by atoms with Gasteiger partial charge in [0.2, 0.25) is 0 Å². The monoisotopic (exact) mass is 522 g/mol. The normalized spacial score (nSPS) is 17.2. The van der Waals surface area contributed by atoms with Crippen LogP contribution in [-0.4, -0.2) is 19.2 Å². The molecule has 1 saturated carbocycles. The molecule has 4 heteroatoms. The molecule has 1 fully saturated rings. The average molecular weight is 523 g/mol. The Morgan fingerprint density at radius 1 is 0.605 bits per heavy atom. The van der Waals surface area contributed by atoms with E-state index in [1.165, 1.54) is 83.5 Å². The summed E-state index contributed by atoms with van der Waals surface area (Å²) in [6.45, 7) is 5.95. The average Bonchev–Trinajstić information content (AvgIpc) is 2.95. The Morgan fingerprint density at radius 2 is 1.08 bits per heavy atom. The van der Waals surface area contributed by atoms with Gasteiger partial charge in [-0.25, -0.2) is 4.79 Å². The fourth-order valence-corrected chi connectivity index (χ4v) is 5.41. The molecule has 210 valence electrons. The molecule has 1 aliphatic rings. The van der Waals surface area contributed by atoms with Gasteiger partial charge in [-0.3, -0.25) is 0 Å². The van der Waals surface area contributed by atoms with Gasteiger partial charge in [0.25, 0.3) is 0 Å². The summed E-state index contributed by atoms with van der Waals surface area (Å²) in [6, 6.07) is 14.5. The Kier molecular flexibility index (Phi) is 14.2. The second-order valence-electron chi connectivity index (χ2n) is 11.0. The van der Waals surface area contributed by atoms with E-state index in [-0.39, 0.29) is 5.97 Å². The maximum Gasteiger partial charge on any atom is 0.343 e. The third-order valence-corrected chi connectivity index (χ3v) is 7.85. The van der Waals surface area contributed by atoms with E-state index in [4.69, 9.17) is 14.2 Å². The van der Waals surface area contributed by atoms with Crippen molar-refractivity contribution in [1.29, 1.82) is 0 Å². The minimum Gasteiger partial charge on any atom is -0.494 e. The first-order valence-corrected chi connectivity index (χ1v) is 15.4. The van der Waals surface area contributed by atoms with Crippen LogP contribution >= 0.6 is 0 Å². The number of unbranched alkanes of at least 4 members (excludes halogenated alkanes) is 6. The number of benzene rings is 2. The summed E-state index contributed by atoms with van der Waals surface area (Å²) < 4.78 is 17.3. The van der Waals surface area contributed by atoms with Crippen molar-refractivity contribution in [2.45, 2.75) is 110 Å². The third kappa shape index (κ3) is 11.5. The lowest BCUT2D eigenvalue weighted by Gasteiger charge is -2.28. The van der Waals surface area contributed by atoms with E-state index in [9.17, 15) is 4.79 Å². The van der Waals surface area contributed by atoms with Crippen molar-refractivity contribution in [2.75, 3.05) is 13.2 Å². The standard InChI is InChI=1S/C34H50O4/c1-3-5-7-8-10-26-36-31-20-18-30(19-21-31)34(35)38-33-24-22-32(23-25-33)37-27-11-13-29-16-14-28(15-17-29)12-9-6-4-2/h18-25,28-29H,3-17,26-27H2,1-2H3. The zero-order valence-electron chi connectivity index (χ0n) is 23.9. The summed E-state index contributed by atoms with van der Waals surface area (Å²) in [4.78, 5) is 12.5. The van der Waals surface area contributed by atoms with Crippen LogP contribution in [0.25, 0.3) is 0 Å². The highest BCUT2D eigenvalue weighted by atomic mass is 16.5. The largest absolute Gasteiger partial charge is 0.494 e. The minimum absolute atomic E-state index is 0.370. The number of rotatable bonds is 18. The molecule has 0 aliphatic heterocycles. The molecule has 2 aromatic carbocycles. The lowest BCUT2D eigenvalue weighted by atomic mass is 9.78. The van der Waals surface area contributed by atoms with E-state index in [0.717, 1.165) is 42.8 Å². The Hall–Kier alpha value is -2.49. The quantitative estimate of drug-likeness (QED) is 0.111. The molecule has 0 amide bonds. The van der Waals surface area contributed by atoms with Crippen molar-refractivity contribution in [2.24, 2.45) is 11.8 Å². The fourth-order valence-electron chi connectivity index (χ4n) is 5.41. The van der Waals surface area contributed by atoms with Gasteiger partial charge in [0.1, 0.15) is 17.2 Å². The van der Waals surface area contributed by atoms with Crippen LogP contribution in [0.15, 0.2) is 48.5 Å². The van der Waals surface area contributed by atoms with Crippen molar-refractivity contribution in [3.05, 3.63) is 54.1 Å². The van der Waals surface area contributed by atoms with Gasteiger partial charge in [-0.2, -0.15) is 0 Å². The summed E-state index contributed by atoms with van der Waals surface area (Å²) in [5.74, 6) is 3.61. The summed E-state index contributed by atoms with van der Waals surface area (Å²) in [5, 5.41) is 0. The molecule has 4 nitrogen and oxygen atoms in total. The van der Waals surface area contributed by atoms with E-state index in [0.29, 0.717) is 17.9 Å². The first kappa shape index (κ1) is 30.1. The molecule has 0 unspecified atom stereocenters. The lowest BCUT2D eigenvalue weighted by Crippen LogP contribution is -2.15. The topological polar surface area (TPSA) is 44.8 Å². The molecule has 2 aromatic rings. The maximum atomic E-state index is 12.5. The van der Waals surface area contributed by atoms with Gasteiger partial charge < -0.3 is 14.2 Å². The molecule has 0 bridgehead atoms. The first-order chi connectivity index (χ1) is 18.7. The molecule has 0 radical (unpaired) electrons. The zero-order valence-corrected chi connectivity index (χ0v) is 23.9. The van der Waals surface area contributed by atoms with Gasteiger partial charge in [-0.1, -0.05) is 90.9 Å². The lowest BCUT2D eigenvalue weighted by molar-refractivity contribution is 0.0734. The summed E-state index contributed by atoms with van der Waals surface area (Å²) in [7, 11) is 0. The minimum atomic E-state index is -0.370. The SMILES string of the molecule is CCCCCCCOc1ccc(C(=O)Oc2ccc(OCCCC3CCC(CCCCC)CC3)cc2)cc1. The second kappa shape index (κ2) is 17.9. The predicted molar refractivity (Wildman–Crippen MR) is 156 cm³/mol. The summed E-state index contributed by atoms with van der Waals surface area (Å²) in [6.07, 6.45) is 19.6. The molecule has 1 aliphatic carbocycles. The van der Waals surface area contributed by atoms with E-state index < -0.39 is 0 Å². The summed E-state index contributed by atoms with van der Waals surface area (Å²) in [5.41, 5.74) is 0.510. The van der Waals surface area contributed by atoms with Gasteiger partial charge in [-0.15, -0.1) is 0 Å².